The van der Waals surface area contributed by atoms with Crippen LogP contribution >= 0.6 is 11.6 Å². The number of aryl methyl sites for hydroxylation is 1. The van der Waals surface area contributed by atoms with Crippen molar-refractivity contribution >= 4 is 11.6 Å². The highest BCUT2D eigenvalue weighted by atomic mass is 35.5. The Hall–Kier alpha value is -1.72. The predicted molar refractivity (Wildman–Crippen MR) is 69.6 cm³/mol. The molecule has 1 aromatic heterocycles. The minimum absolute atomic E-state index is 0.445. The molecule has 0 aliphatic rings. The molecular weight excluding hydrogens is 232 g/mol. The molecule has 0 aliphatic carbocycles. The second-order valence-corrected chi connectivity index (χ2v) is 4.48. The fourth-order valence-corrected chi connectivity index (χ4v) is 2.29. The zero-order valence-corrected chi connectivity index (χ0v) is 10.6. The van der Waals surface area contributed by atoms with Gasteiger partial charge in [0, 0.05) is 22.1 Å². The number of aromatic nitrogens is 1. The first-order valence-electron chi connectivity index (χ1n) is 5.44. The topological polar surface area (TPSA) is 28.7 Å². The lowest BCUT2D eigenvalue weighted by Gasteiger charge is -2.09. The van der Waals surface area contributed by atoms with Crippen molar-refractivity contribution < 1.29 is 0 Å². The van der Waals surface area contributed by atoms with Crippen LogP contribution in [0.2, 0.25) is 5.02 Å². The van der Waals surface area contributed by atoms with Crippen LogP contribution in [0.3, 0.4) is 0 Å². The Labute approximate surface area is 106 Å². The van der Waals surface area contributed by atoms with Crippen LogP contribution in [0, 0.1) is 25.2 Å². The van der Waals surface area contributed by atoms with Crippen LogP contribution in [0.5, 0.6) is 0 Å². The first-order valence-corrected chi connectivity index (χ1v) is 5.82. The summed E-state index contributed by atoms with van der Waals surface area (Å²) in [4.78, 5) is 0. The number of benzene rings is 1. The van der Waals surface area contributed by atoms with Crippen LogP contribution in [0.15, 0.2) is 30.3 Å². The summed E-state index contributed by atoms with van der Waals surface area (Å²) in [6, 6.07) is 12.0. The van der Waals surface area contributed by atoms with E-state index in [0.717, 1.165) is 27.7 Å². The molecule has 0 saturated heterocycles. The average Bonchev–Trinajstić information content (AvgIpc) is 2.55. The number of rotatable bonds is 2. The van der Waals surface area contributed by atoms with E-state index in [1.54, 1.807) is 0 Å². The molecule has 2 nitrogen and oxygen atoms in total. The lowest BCUT2D eigenvalue weighted by atomic mass is 10.2. The molecule has 3 heteroatoms. The van der Waals surface area contributed by atoms with Gasteiger partial charge in [0.2, 0.25) is 0 Å². The van der Waals surface area contributed by atoms with E-state index in [9.17, 15) is 0 Å². The lowest BCUT2D eigenvalue weighted by Crippen LogP contribution is -1.99. The molecule has 1 heterocycles. The molecule has 0 bridgehead atoms. The molecule has 0 N–H and O–H groups in total. The minimum Gasteiger partial charge on any atom is -0.318 e. The van der Waals surface area contributed by atoms with Gasteiger partial charge in [0.1, 0.15) is 0 Å². The Morgan fingerprint density at radius 2 is 2.06 bits per heavy atom. The number of hydrogen-bond donors (Lipinski definition) is 0. The standard InChI is InChI=1S/C14H13ClN2/c1-10-8-12(6-7-16)11(2)17(10)14-5-3-4-13(15)9-14/h3-5,8-9H,6H2,1-2H3. The third-order valence-corrected chi connectivity index (χ3v) is 3.11. The lowest BCUT2D eigenvalue weighted by molar-refractivity contribution is 0.956. The Morgan fingerprint density at radius 1 is 1.29 bits per heavy atom. The van der Waals surface area contributed by atoms with Crippen molar-refractivity contribution in [2.75, 3.05) is 0 Å². The Morgan fingerprint density at radius 3 is 2.71 bits per heavy atom. The van der Waals surface area contributed by atoms with Gasteiger partial charge in [-0.25, -0.2) is 0 Å². The second-order valence-electron chi connectivity index (χ2n) is 4.05. The number of nitrogens with zero attached hydrogens (tertiary/aromatic N) is 2. The molecule has 0 fully saturated rings. The highest BCUT2D eigenvalue weighted by molar-refractivity contribution is 6.30. The summed E-state index contributed by atoms with van der Waals surface area (Å²) in [7, 11) is 0. The van der Waals surface area contributed by atoms with Gasteiger partial charge in [-0.1, -0.05) is 17.7 Å². The summed E-state index contributed by atoms with van der Waals surface area (Å²) in [5.41, 5.74) is 4.34. The van der Waals surface area contributed by atoms with Gasteiger partial charge in [-0.15, -0.1) is 0 Å². The predicted octanol–water partition coefficient (Wildman–Crippen LogP) is 3.81. The fraction of sp³-hybridized carbons (Fsp3) is 0.214. The van der Waals surface area contributed by atoms with Crippen LogP contribution in [-0.2, 0) is 6.42 Å². The van der Waals surface area contributed by atoms with Crippen LogP contribution in [0.25, 0.3) is 5.69 Å². The first-order chi connectivity index (χ1) is 8.13. The average molecular weight is 245 g/mol. The second kappa shape index (κ2) is 4.65. The molecule has 0 radical (unpaired) electrons. The number of halogens is 1. The van der Waals surface area contributed by atoms with Crippen LogP contribution in [0.1, 0.15) is 17.0 Å². The van der Waals surface area contributed by atoms with Crippen LogP contribution in [0.4, 0.5) is 0 Å². The molecule has 2 rings (SSSR count). The van der Waals surface area contributed by atoms with Crippen molar-refractivity contribution in [1.29, 1.82) is 5.26 Å². The van der Waals surface area contributed by atoms with Crippen molar-refractivity contribution in [2.24, 2.45) is 0 Å². The van der Waals surface area contributed by atoms with Crippen molar-refractivity contribution in [3.8, 4) is 11.8 Å². The fourth-order valence-electron chi connectivity index (χ4n) is 2.11. The molecule has 0 amide bonds. The van der Waals surface area contributed by atoms with Crippen molar-refractivity contribution in [2.45, 2.75) is 20.3 Å². The highest BCUT2D eigenvalue weighted by Crippen LogP contribution is 2.23. The summed E-state index contributed by atoms with van der Waals surface area (Å²) in [5, 5.41) is 9.50. The van der Waals surface area contributed by atoms with Gasteiger partial charge in [0.05, 0.1) is 12.5 Å². The molecule has 0 spiro atoms. The quantitative estimate of drug-likeness (QED) is 0.790. The molecule has 1 aromatic carbocycles. The van der Waals surface area contributed by atoms with Gasteiger partial charge < -0.3 is 4.57 Å². The zero-order valence-electron chi connectivity index (χ0n) is 9.87. The van der Waals surface area contributed by atoms with E-state index in [2.05, 4.69) is 16.7 Å². The Balaban J connectivity index is 2.56. The largest absolute Gasteiger partial charge is 0.318 e. The minimum atomic E-state index is 0.445. The molecule has 2 aromatic rings. The van der Waals surface area contributed by atoms with Crippen molar-refractivity contribution in [3.05, 3.63) is 52.3 Å². The van der Waals surface area contributed by atoms with E-state index in [0.29, 0.717) is 6.42 Å². The van der Waals surface area contributed by atoms with Crippen molar-refractivity contribution in [3.63, 3.8) is 0 Å². The molecule has 17 heavy (non-hydrogen) atoms. The van der Waals surface area contributed by atoms with E-state index in [1.165, 1.54) is 0 Å². The summed E-state index contributed by atoms with van der Waals surface area (Å²) in [6.07, 6.45) is 0.445. The SMILES string of the molecule is Cc1cc(CC#N)c(C)n1-c1cccc(Cl)c1. The van der Waals surface area contributed by atoms with E-state index < -0.39 is 0 Å². The van der Waals surface area contributed by atoms with E-state index in [1.807, 2.05) is 38.1 Å². The van der Waals surface area contributed by atoms with Crippen LogP contribution in [-0.4, -0.2) is 4.57 Å². The normalized spacial score (nSPS) is 10.2. The molecular formula is C14H13ClN2. The van der Waals surface area contributed by atoms with Gasteiger partial charge in [0.25, 0.3) is 0 Å². The number of hydrogen-bond acceptors (Lipinski definition) is 1. The summed E-state index contributed by atoms with van der Waals surface area (Å²) < 4.78 is 2.12. The summed E-state index contributed by atoms with van der Waals surface area (Å²) >= 11 is 6.00. The van der Waals surface area contributed by atoms with Gasteiger partial charge in [-0.05, 0) is 43.7 Å². The first kappa shape index (κ1) is 11.8. The van der Waals surface area contributed by atoms with E-state index in [-0.39, 0.29) is 0 Å². The van der Waals surface area contributed by atoms with Gasteiger partial charge in [-0.3, -0.25) is 0 Å². The molecule has 0 saturated carbocycles. The van der Waals surface area contributed by atoms with Gasteiger partial charge in [0.15, 0.2) is 0 Å². The molecule has 0 aliphatic heterocycles. The molecule has 0 atom stereocenters. The summed E-state index contributed by atoms with van der Waals surface area (Å²) in [5.74, 6) is 0. The highest BCUT2D eigenvalue weighted by Gasteiger charge is 2.10. The van der Waals surface area contributed by atoms with E-state index in [4.69, 9.17) is 16.9 Å². The zero-order chi connectivity index (χ0) is 12.4. The molecule has 86 valence electrons. The maximum atomic E-state index is 8.78. The Bertz CT molecular complexity index is 591. The smallest absolute Gasteiger partial charge is 0.0670 e. The van der Waals surface area contributed by atoms with Gasteiger partial charge in [-0.2, -0.15) is 5.26 Å². The van der Waals surface area contributed by atoms with E-state index >= 15 is 0 Å². The van der Waals surface area contributed by atoms with Gasteiger partial charge >= 0.3 is 0 Å². The monoisotopic (exact) mass is 244 g/mol. The third kappa shape index (κ3) is 2.20. The van der Waals surface area contributed by atoms with Crippen LogP contribution < -0.4 is 0 Å². The maximum absolute atomic E-state index is 8.78. The molecule has 0 unspecified atom stereocenters. The Kier molecular flexibility index (Phi) is 3.21. The van der Waals surface area contributed by atoms with Crippen molar-refractivity contribution in [1.82, 2.24) is 4.57 Å². The maximum Gasteiger partial charge on any atom is 0.0670 e. The third-order valence-electron chi connectivity index (χ3n) is 2.87. The summed E-state index contributed by atoms with van der Waals surface area (Å²) in [6.45, 7) is 4.06. The number of nitriles is 1.